The van der Waals surface area contributed by atoms with E-state index < -0.39 is 8.60 Å². The summed E-state index contributed by atoms with van der Waals surface area (Å²) in [5, 5.41) is 0. The van der Waals surface area contributed by atoms with E-state index >= 15 is 0 Å². The van der Waals surface area contributed by atoms with Crippen LogP contribution in [0.4, 0.5) is 0 Å². The molecule has 0 saturated heterocycles. The molecule has 0 heterocycles. The van der Waals surface area contributed by atoms with Crippen LogP contribution in [0, 0.1) is 0 Å². The van der Waals surface area contributed by atoms with Gasteiger partial charge in [-0.25, -0.2) is 0 Å². The zero-order chi connectivity index (χ0) is 5.70. The van der Waals surface area contributed by atoms with Crippen LogP contribution < -0.4 is 0 Å². The van der Waals surface area contributed by atoms with Gasteiger partial charge in [-0.1, -0.05) is 0 Å². The molecule has 0 aromatic heterocycles. The number of alkyl halides is 1. The van der Waals surface area contributed by atoms with E-state index in [-0.39, 0.29) is 6.61 Å². The van der Waals surface area contributed by atoms with Gasteiger partial charge in [0.2, 0.25) is 0 Å². The standard InChI is InChI=1S/C2H6ClO3P/c3-1-2-6-7(4)5/h4-5H,1-2H2. The summed E-state index contributed by atoms with van der Waals surface area (Å²) in [6.45, 7) is 0.195. The van der Waals surface area contributed by atoms with E-state index in [1.165, 1.54) is 0 Å². The van der Waals surface area contributed by atoms with Crippen LogP contribution in [0.3, 0.4) is 0 Å². The molecule has 0 fully saturated rings. The van der Waals surface area contributed by atoms with Crippen molar-refractivity contribution in [1.29, 1.82) is 0 Å². The maximum absolute atomic E-state index is 8.02. The van der Waals surface area contributed by atoms with Crippen molar-refractivity contribution >= 4 is 20.2 Å². The van der Waals surface area contributed by atoms with Crippen molar-refractivity contribution in [2.75, 3.05) is 12.5 Å². The third-order valence-electron chi connectivity index (χ3n) is 0.284. The lowest BCUT2D eigenvalue weighted by molar-refractivity contribution is 0.270. The number of hydrogen-bond donors (Lipinski definition) is 2. The molecule has 3 nitrogen and oxygen atoms in total. The second-order valence-electron chi connectivity index (χ2n) is 0.775. The molecule has 0 saturated carbocycles. The minimum Gasteiger partial charge on any atom is -0.328 e. The molecule has 0 radical (unpaired) electrons. The van der Waals surface area contributed by atoms with Gasteiger partial charge in [0.25, 0.3) is 0 Å². The highest BCUT2D eigenvalue weighted by atomic mass is 35.5. The molecule has 0 aliphatic rings. The Labute approximate surface area is 47.9 Å². The van der Waals surface area contributed by atoms with Crippen LogP contribution in [0.15, 0.2) is 0 Å². The van der Waals surface area contributed by atoms with Gasteiger partial charge in [-0.15, -0.1) is 11.6 Å². The Balaban J connectivity index is 2.68. The minimum absolute atomic E-state index is 0.195. The summed E-state index contributed by atoms with van der Waals surface area (Å²) in [4.78, 5) is 16.0. The topological polar surface area (TPSA) is 49.7 Å². The predicted molar refractivity (Wildman–Crippen MR) is 28.0 cm³/mol. The van der Waals surface area contributed by atoms with Gasteiger partial charge in [0.15, 0.2) is 0 Å². The van der Waals surface area contributed by atoms with E-state index in [9.17, 15) is 0 Å². The Bertz CT molecular complexity index is 41.9. The van der Waals surface area contributed by atoms with Gasteiger partial charge in [0.1, 0.15) is 0 Å². The fourth-order valence-corrected chi connectivity index (χ4v) is 0.555. The zero-order valence-corrected chi connectivity index (χ0v) is 5.19. The highest BCUT2D eigenvalue weighted by Crippen LogP contribution is 2.23. The molecule has 0 bridgehead atoms. The highest BCUT2D eigenvalue weighted by molar-refractivity contribution is 7.39. The van der Waals surface area contributed by atoms with E-state index in [0.29, 0.717) is 5.88 Å². The second kappa shape index (κ2) is 4.75. The molecule has 0 aliphatic heterocycles. The van der Waals surface area contributed by atoms with Gasteiger partial charge in [0.05, 0.1) is 6.61 Å². The summed E-state index contributed by atoms with van der Waals surface area (Å²) in [6, 6.07) is 0. The van der Waals surface area contributed by atoms with Crippen LogP contribution >= 0.6 is 20.2 Å². The lowest BCUT2D eigenvalue weighted by atomic mass is 10.9. The lowest BCUT2D eigenvalue weighted by Crippen LogP contribution is -1.87. The fourth-order valence-electron chi connectivity index (χ4n) is 0.116. The van der Waals surface area contributed by atoms with Gasteiger partial charge in [0, 0.05) is 5.88 Å². The van der Waals surface area contributed by atoms with E-state index in [4.69, 9.17) is 21.4 Å². The van der Waals surface area contributed by atoms with Crippen LogP contribution in [0.1, 0.15) is 0 Å². The predicted octanol–water partition coefficient (Wildman–Crippen LogP) is 0.453. The molecule has 0 aromatic carbocycles. The van der Waals surface area contributed by atoms with Gasteiger partial charge >= 0.3 is 8.60 Å². The normalized spacial score (nSPS) is 10.3. The molecule has 0 unspecified atom stereocenters. The first-order valence-electron chi connectivity index (χ1n) is 1.64. The van der Waals surface area contributed by atoms with Crippen LogP contribution in [-0.2, 0) is 4.52 Å². The van der Waals surface area contributed by atoms with Crippen molar-refractivity contribution in [3.63, 3.8) is 0 Å². The molecular weight excluding hydrogens is 138 g/mol. The van der Waals surface area contributed by atoms with Crippen molar-refractivity contribution < 1.29 is 14.3 Å². The van der Waals surface area contributed by atoms with E-state index in [1.54, 1.807) is 0 Å². The first-order chi connectivity index (χ1) is 3.27. The molecular formula is C2H6ClO3P. The summed E-state index contributed by atoms with van der Waals surface area (Å²) in [5.74, 6) is 0.292. The SMILES string of the molecule is OP(O)OCCCl. The number of rotatable bonds is 3. The van der Waals surface area contributed by atoms with E-state index in [0.717, 1.165) is 0 Å². The fraction of sp³-hybridized carbons (Fsp3) is 1.00. The molecule has 44 valence electrons. The summed E-state index contributed by atoms with van der Waals surface area (Å²) >= 11 is 5.11. The van der Waals surface area contributed by atoms with Crippen molar-refractivity contribution in [1.82, 2.24) is 0 Å². The molecule has 0 aromatic rings. The third kappa shape index (κ3) is 6.60. The quantitative estimate of drug-likeness (QED) is 0.447. The average molecular weight is 144 g/mol. The molecule has 2 N–H and O–H groups in total. The number of halogens is 1. The maximum Gasteiger partial charge on any atom is 0.327 e. The first-order valence-corrected chi connectivity index (χ1v) is 3.34. The Kier molecular flexibility index (Phi) is 5.16. The Morgan fingerprint density at radius 1 is 1.57 bits per heavy atom. The largest absolute Gasteiger partial charge is 0.328 e. The summed E-state index contributed by atoms with van der Waals surface area (Å²) in [5.41, 5.74) is 0. The van der Waals surface area contributed by atoms with Crippen molar-refractivity contribution in [2.24, 2.45) is 0 Å². The van der Waals surface area contributed by atoms with Crippen molar-refractivity contribution in [3.8, 4) is 0 Å². The van der Waals surface area contributed by atoms with Gasteiger partial charge in [-0.2, -0.15) is 0 Å². The average Bonchev–Trinajstić information content (AvgIpc) is 1.61. The third-order valence-corrected chi connectivity index (χ3v) is 0.852. The molecule has 5 heteroatoms. The molecule has 0 aliphatic carbocycles. The van der Waals surface area contributed by atoms with Crippen molar-refractivity contribution in [2.45, 2.75) is 0 Å². The maximum atomic E-state index is 8.02. The van der Waals surface area contributed by atoms with Gasteiger partial charge < -0.3 is 14.3 Å². The van der Waals surface area contributed by atoms with Crippen LogP contribution in [-0.4, -0.2) is 22.3 Å². The second-order valence-corrected chi connectivity index (χ2v) is 1.92. The van der Waals surface area contributed by atoms with Crippen LogP contribution in [0.5, 0.6) is 0 Å². The zero-order valence-electron chi connectivity index (χ0n) is 3.54. The Hall–Kier alpha value is 0.600. The molecule has 0 rings (SSSR count). The minimum atomic E-state index is -2.19. The van der Waals surface area contributed by atoms with Crippen LogP contribution in [0.25, 0.3) is 0 Å². The smallest absolute Gasteiger partial charge is 0.327 e. The molecule has 0 amide bonds. The monoisotopic (exact) mass is 144 g/mol. The van der Waals surface area contributed by atoms with Crippen molar-refractivity contribution in [3.05, 3.63) is 0 Å². The molecule has 0 spiro atoms. The Morgan fingerprint density at radius 3 is 2.29 bits per heavy atom. The van der Waals surface area contributed by atoms with Gasteiger partial charge in [-0.3, -0.25) is 0 Å². The van der Waals surface area contributed by atoms with Gasteiger partial charge in [-0.05, 0) is 0 Å². The summed E-state index contributed by atoms with van der Waals surface area (Å²) < 4.78 is 4.23. The van der Waals surface area contributed by atoms with E-state index in [2.05, 4.69) is 4.52 Å². The van der Waals surface area contributed by atoms with E-state index in [1.807, 2.05) is 0 Å². The summed E-state index contributed by atoms with van der Waals surface area (Å²) in [6.07, 6.45) is 0. The van der Waals surface area contributed by atoms with Crippen LogP contribution in [0.2, 0.25) is 0 Å². The summed E-state index contributed by atoms with van der Waals surface area (Å²) in [7, 11) is -2.19. The lowest BCUT2D eigenvalue weighted by Gasteiger charge is -1.97. The number of hydrogen-bond acceptors (Lipinski definition) is 3. The molecule has 7 heavy (non-hydrogen) atoms. The first kappa shape index (κ1) is 7.60. The molecule has 0 atom stereocenters. The highest BCUT2D eigenvalue weighted by Gasteiger charge is 1.94. The Morgan fingerprint density at radius 2 is 2.14 bits per heavy atom.